The average Bonchev–Trinajstić information content (AvgIpc) is 2.22. The number of phenols is 1. The second-order valence-electron chi connectivity index (χ2n) is 5.41. The Kier molecular flexibility index (Phi) is 3.95. The van der Waals surface area contributed by atoms with Gasteiger partial charge in [-0.05, 0) is 36.5 Å². The van der Waals surface area contributed by atoms with Crippen LogP contribution in [0.3, 0.4) is 0 Å². The number of nitrogens with zero attached hydrogens (tertiary/aromatic N) is 1. The van der Waals surface area contributed by atoms with Gasteiger partial charge in [0.05, 0.1) is 0 Å². The van der Waals surface area contributed by atoms with Gasteiger partial charge in [-0.25, -0.2) is 0 Å². The smallest absolute Gasteiger partial charge is 0.120 e. The SMILES string of the molecule is CC1CC(C)CN(Cc2cc(Cl)ccc2O)C1. The van der Waals surface area contributed by atoms with E-state index >= 15 is 0 Å². The van der Waals surface area contributed by atoms with Gasteiger partial charge in [0, 0.05) is 30.2 Å². The number of phenolic OH excluding ortho intramolecular Hbond substituents is 1. The van der Waals surface area contributed by atoms with Crippen LogP contribution in [0.2, 0.25) is 5.02 Å². The van der Waals surface area contributed by atoms with Crippen molar-refractivity contribution < 1.29 is 5.11 Å². The van der Waals surface area contributed by atoms with Crippen LogP contribution in [-0.4, -0.2) is 23.1 Å². The molecule has 1 heterocycles. The Morgan fingerprint density at radius 3 is 2.59 bits per heavy atom. The van der Waals surface area contributed by atoms with Crippen molar-refractivity contribution in [3.05, 3.63) is 28.8 Å². The number of halogens is 1. The van der Waals surface area contributed by atoms with Crippen molar-refractivity contribution >= 4 is 11.6 Å². The molecular formula is C14H20ClNO. The van der Waals surface area contributed by atoms with E-state index in [1.807, 2.05) is 6.07 Å². The number of benzene rings is 1. The Balaban J connectivity index is 2.07. The molecule has 3 heteroatoms. The molecule has 1 aromatic rings. The number of hydrogen-bond donors (Lipinski definition) is 1. The molecule has 0 aliphatic carbocycles. The normalized spacial score (nSPS) is 26.1. The van der Waals surface area contributed by atoms with Crippen molar-refractivity contribution in [2.45, 2.75) is 26.8 Å². The summed E-state index contributed by atoms with van der Waals surface area (Å²) in [5, 5.41) is 10.5. The van der Waals surface area contributed by atoms with E-state index in [-0.39, 0.29) is 0 Å². The second kappa shape index (κ2) is 5.28. The second-order valence-corrected chi connectivity index (χ2v) is 5.85. The predicted octanol–water partition coefficient (Wildman–Crippen LogP) is 3.52. The fourth-order valence-corrected chi connectivity index (χ4v) is 3.04. The maximum atomic E-state index is 9.81. The minimum absolute atomic E-state index is 0.347. The standard InChI is InChI=1S/C14H20ClNO/c1-10-5-11(2)8-16(7-10)9-12-6-13(15)3-4-14(12)17/h3-4,6,10-11,17H,5,7-9H2,1-2H3. The molecule has 0 saturated carbocycles. The molecule has 1 aliphatic rings. The maximum absolute atomic E-state index is 9.81. The molecule has 17 heavy (non-hydrogen) atoms. The summed E-state index contributed by atoms with van der Waals surface area (Å²) in [6, 6.07) is 5.26. The van der Waals surface area contributed by atoms with E-state index in [2.05, 4.69) is 18.7 Å². The Morgan fingerprint density at radius 1 is 1.29 bits per heavy atom. The first-order chi connectivity index (χ1) is 8.04. The van der Waals surface area contributed by atoms with Crippen LogP contribution in [0, 0.1) is 11.8 Å². The van der Waals surface area contributed by atoms with Crippen molar-refractivity contribution in [1.82, 2.24) is 4.90 Å². The molecule has 2 atom stereocenters. The molecule has 1 aromatic carbocycles. The van der Waals surface area contributed by atoms with E-state index in [0.717, 1.165) is 37.0 Å². The summed E-state index contributed by atoms with van der Waals surface area (Å²) in [6.45, 7) is 7.59. The van der Waals surface area contributed by atoms with Crippen LogP contribution >= 0.6 is 11.6 Å². The molecule has 0 spiro atoms. The van der Waals surface area contributed by atoms with Gasteiger partial charge < -0.3 is 5.11 Å². The Hall–Kier alpha value is -0.730. The van der Waals surface area contributed by atoms with E-state index < -0.39 is 0 Å². The predicted molar refractivity (Wildman–Crippen MR) is 71.3 cm³/mol. The van der Waals surface area contributed by atoms with Gasteiger partial charge >= 0.3 is 0 Å². The van der Waals surface area contributed by atoms with Crippen LogP contribution in [0.15, 0.2) is 18.2 Å². The first-order valence-electron chi connectivity index (χ1n) is 6.24. The van der Waals surface area contributed by atoms with Crippen LogP contribution < -0.4 is 0 Å². The van der Waals surface area contributed by atoms with Gasteiger partial charge in [0.2, 0.25) is 0 Å². The lowest BCUT2D eigenvalue weighted by molar-refractivity contribution is 0.133. The number of aromatic hydroxyl groups is 1. The summed E-state index contributed by atoms with van der Waals surface area (Å²) < 4.78 is 0. The highest BCUT2D eigenvalue weighted by Gasteiger charge is 2.22. The average molecular weight is 254 g/mol. The molecule has 2 unspecified atom stereocenters. The number of hydrogen-bond acceptors (Lipinski definition) is 2. The van der Waals surface area contributed by atoms with Crippen molar-refractivity contribution in [1.29, 1.82) is 0 Å². The van der Waals surface area contributed by atoms with Crippen molar-refractivity contribution in [3.8, 4) is 5.75 Å². The van der Waals surface area contributed by atoms with E-state index in [0.29, 0.717) is 10.8 Å². The molecule has 2 rings (SSSR count). The van der Waals surface area contributed by atoms with Crippen molar-refractivity contribution in [3.63, 3.8) is 0 Å². The Morgan fingerprint density at radius 2 is 1.94 bits per heavy atom. The van der Waals surface area contributed by atoms with E-state index in [1.54, 1.807) is 12.1 Å². The fourth-order valence-electron chi connectivity index (χ4n) is 2.84. The van der Waals surface area contributed by atoms with Crippen molar-refractivity contribution in [2.75, 3.05) is 13.1 Å². The third-order valence-electron chi connectivity index (χ3n) is 3.38. The highest BCUT2D eigenvalue weighted by Crippen LogP contribution is 2.26. The lowest BCUT2D eigenvalue weighted by Gasteiger charge is -2.35. The summed E-state index contributed by atoms with van der Waals surface area (Å²) in [5.41, 5.74) is 0.929. The maximum Gasteiger partial charge on any atom is 0.120 e. The zero-order valence-corrected chi connectivity index (χ0v) is 11.2. The molecule has 0 aromatic heterocycles. The first-order valence-corrected chi connectivity index (χ1v) is 6.62. The Labute approximate surface area is 108 Å². The summed E-state index contributed by atoms with van der Waals surface area (Å²) in [7, 11) is 0. The molecule has 1 fully saturated rings. The van der Waals surface area contributed by atoms with E-state index in [4.69, 9.17) is 11.6 Å². The van der Waals surface area contributed by atoms with Gasteiger partial charge in [-0.3, -0.25) is 4.90 Å². The van der Waals surface area contributed by atoms with E-state index in [1.165, 1.54) is 6.42 Å². The minimum atomic E-state index is 0.347. The summed E-state index contributed by atoms with van der Waals surface area (Å²) in [6.07, 6.45) is 1.30. The van der Waals surface area contributed by atoms with Crippen LogP contribution in [0.4, 0.5) is 0 Å². The van der Waals surface area contributed by atoms with Crippen LogP contribution in [0.5, 0.6) is 5.75 Å². The molecule has 1 N–H and O–H groups in total. The topological polar surface area (TPSA) is 23.5 Å². The molecule has 94 valence electrons. The van der Waals surface area contributed by atoms with Gasteiger partial charge in [-0.1, -0.05) is 25.4 Å². The molecule has 0 radical (unpaired) electrons. The molecule has 1 saturated heterocycles. The third-order valence-corrected chi connectivity index (χ3v) is 3.62. The number of likely N-dealkylation sites (tertiary alicyclic amines) is 1. The van der Waals surface area contributed by atoms with Crippen LogP contribution in [0.25, 0.3) is 0 Å². The number of rotatable bonds is 2. The van der Waals surface area contributed by atoms with Gasteiger partial charge in [0.25, 0.3) is 0 Å². The lowest BCUT2D eigenvalue weighted by atomic mass is 9.91. The largest absolute Gasteiger partial charge is 0.508 e. The monoisotopic (exact) mass is 253 g/mol. The lowest BCUT2D eigenvalue weighted by Crippen LogP contribution is -2.38. The zero-order chi connectivity index (χ0) is 12.4. The fraction of sp³-hybridized carbons (Fsp3) is 0.571. The summed E-state index contributed by atoms with van der Waals surface area (Å²) >= 11 is 5.96. The van der Waals surface area contributed by atoms with Gasteiger partial charge in [-0.2, -0.15) is 0 Å². The summed E-state index contributed by atoms with van der Waals surface area (Å²) in [4.78, 5) is 2.41. The molecule has 0 amide bonds. The van der Waals surface area contributed by atoms with Crippen LogP contribution in [-0.2, 0) is 6.54 Å². The minimum Gasteiger partial charge on any atom is -0.508 e. The summed E-state index contributed by atoms with van der Waals surface area (Å²) in [5.74, 6) is 1.82. The molecular weight excluding hydrogens is 234 g/mol. The zero-order valence-electron chi connectivity index (χ0n) is 10.5. The highest BCUT2D eigenvalue weighted by atomic mass is 35.5. The molecule has 1 aliphatic heterocycles. The van der Waals surface area contributed by atoms with Gasteiger partial charge in [0.1, 0.15) is 5.75 Å². The van der Waals surface area contributed by atoms with Gasteiger partial charge in [0.15, 0.2) is 0 Å². The number of piperidine rings is 1. The quantitative estimate of drug-likeness (QED) is 0.872. The third kappa shape index (κ3) is 3.36. The molecule has 0 bridgehead atoms. The highest BCUT2D eigenvalue weighted by molar-refractivity contribution is 6.30. The Bertz CT molecular complexity index is 384. The van der Waals surface area contributed by atoms with E-state index in [9.17, 15) is 5.11 Å². The van der Waals surface area contributed by atoms with Crippen molar-refractivity contribution in [2.24, 2.45) is 11.8 Å². The van der Waals surface area contributed by atoms with Crippen LogP contribution in [0.1, 0.15) is 25.8 Å². The van der Waals surface area contributed by atoms with Gasteiger partial charge in [-0.15, -0.1) is 0 Å². The molecule has 2 nitrogen and oxygen atoms in total. The first kappa shape index (κ1) is 12.7.